The van der Waals surface area contributed by atoms with E-state index >= 15 is 0 Å². The van der Waals surface area contributed by atoms with Crippen LogP contribution >= 0.6 is 0 Å². The number of hydrogen-bond acceptors (Lipinski definition) is 5. The molecule has 1 amide bonds. The predicted molar refractivity (Wildman–Crippen MR) is 72.1 cm³/mol. The van der Waals surface area contributed by atoms with Crippen LogP contribution in [-0.4, -0.2) is 56.7 Å². The van der Waals surface area contributed by atoms with Gasteiger partial charge >= 0.3 is 5.97 Å². The SMILES string of the molecule is COCCNC(=O)C(C)S(=O)(=O)CC1(CC(=O)O)CC1. The second-order valence-electron chi connectivity index (χ2n) is 5.30. The second kappa shape index (κ2) is 6.53. The number of hydrogen-bond donors (Lipinski definition) is 2. The molecule has 0 bridgehead atoms. The molecule has 1 saturated carbocycles. The zero-order chi connectivity index (χ0) is 15.4. The van der Waals surface area contributed by atoms with Crippen molar-refractivity contribution < 1.29 is 27.9 Å². The summed E-state index contributed by atoms with van der Waals surface area (Å²) in [6.45, 7) is 1.88. The zero-order valence-electron chi connectivity index (χ0n) is 11.7. The van der Waals surface area contributed by atoms with Gasteiger partial charge in [0.05, 0.1) is 18.8 Å². The van der Waals surface area contributed by atoms with E-state index in [1.165, 1.54) is 14.0 Å². The van der Waals surface area contributed by atoms with Crippen LogP contribution in [0.25, 0.3) is 0 Å². The van der Waals surface area contributed by atoms with Gasteiger partial charge in [-0.05, 0) is 25.2 Å². The summed E-state index contributed by atoms with van der Waals surface area (Å²) in [5.74, 6) is -1.83. The fourth-order valence-electron chi connectivity index (χ4n) is 2.00. The molecule has 1 aliphatic carbocycles. The smallest absolute Gasteiger partial charge is 0.303 e. The average molecular weight is 307 g/mol. The van der Waals surface area contributed by atoms with Crippen LogP contribution in [-0.2, 0) is 24.2 Å². The van der Waals surface area contributed by atoms with E-state index in [9.17, 15) is 18.0 Å². The van der Waals surface area contributed by atoms with Crippen LogP contribution in [0.5, 0.6) is 0 Å². The highest BCUT2D eigenvalue weighted by atomic mass is 32.2. The van der Waals surface area contributed by atoms with Crippen molar-refractivity contribution in [2.45, 2.75) is 31.4 Å². The monoisotopic (exact) mass is 307 g/mol. The Kier molecular flexibility index (Phi) is 5.52. The molecule has 0 aromatic rings. The Morgan fingerprint density at radius 1 is 1.40 bits per heavy atom. The first-order chi connectivity index (χ1) is 9.22. The number of carboxylic acids is 1. The molecule has 0 aromatic carbocycles. The fraction of sp³-hybridized carbons (Fsp3) is 0.833. The Labute approximate surface area is 118 Å². The molecular formula is C12H21NO6S. The zero-order valence-corrected chi connectivity index (χ0v) is 12.5. The van der Waals surface area contributed by atoms with E-state index in [0.29, 0.717) is 19.4 Å². The molecule has 0 saturated heterocycles. The third-order valence-electron chi connectivity index (χ3n) is 3.50. The van der Waals surface area contributed by atoms with Crippen molar-refractivity contribution >= 4 is 21.7 Å². The molecule has 116 valence electrons. The Balaban J connectivity index is 2.59. The molecule has 1 aliphatic rings. The van der Waals surface area contributed by atoms with Gasteiger partial charge in [-0.15, -0.1) is 0 Å². The van der Waals surface area contributed by atoms with Gasteiger partial charge in [0, 0.05) is 13.7 Å². The lowest BCUT2D eigenvalue weighted by molar-refractivity contribution is -0.138. The van der Waals surface area contributed by atoms with Gasteiger partial charge in [0.25, 0.3) is 0 Å². The summed E-state index contributed by atoms with van der Waals surface area (Å²) in [7, 11) is -2.17. The van der Waals surface area contributed by atoms with Crippen LogP contribution in [0.15, 0.2) is 0 Å². The van der Waals surface area contributed by atoms with Crippen LogP contribution in [0.3, 0.4) is 0 Å². The summed E-state index contributed by atoms with van der Waals surface area (Å²) in [5.41, 5.74) is -0.675. The topological polar surface area (TPSA) is 110 Å². The van der Waals surface area contributed by atoms with Crippen molar-refractivity contribution in [2.75, 3.05) is 26.0 Å². The number of amides is 1. The Morgan fingerprint density at radius 2 is 2.00 bits per heavy atom. The van der Waals surface area contributed by atoms with Crippen molar-refractivity contribution in [1.82, 2.24) is 5.32 Å². The molecular weight excluding hydrogens is 286 g/mol. The number of methoxy groups -OCH3 is 1. The van der Waals surface area contributed by atoms with Crippen LogP contribution in [0, 0.1) is 5.41 Å². The van der Waals surface area contributed by atoms with Gasteiger partial charge in [-0.1, -0.05) is 0 Å². The van der Waals surface area contributed by atoms with Gasteiger partial charge in [-0.2, -0.15) is 0 Å². The van der Waals surface area contributed by atoms with Crippen LogP contribution in [0.1, 0.15) is 26.2 Å². The maximum atomic E-state index is 12.2. The number of nitrogens with one attached hydrogen (secondary N) is 1. The minimum absolute atomic E-state index is 0.162. The first-order valence-corrected chi connectivity index (χ1v) is 8.14. The molecule has 2 N–H and O–H groups in total. The molecule has 1 fully saturated rings. The number of rotatable bonds is 9. The normalized spacial score (nSPS) is 18.3. The van der Waals surface area contributed by atoms with E-state index in [2.05, 4.69) is 5.32 Å². The van der Waals surface area contributed by atoms with Crippen LogP contribution in [0.4, 0.5) is 0 Å². The third kappa shape index (κ3) is 4.75. The van der Waals surface area contributed by atoms with Gasteiger partial charge in [-0.25, -0.2) is 8.42 Å². The molecule has 8 heteroatoms. The largest absolute Gasteiger partial charge is 0.481 e. The molecule has 0 spiro atoms. The molecule has 20 heavy (non-hydrogen) atoms. The van der Waals surface area contributed by atoms with E-state index in [4.69, 9.17) is 9.84 Å². The number of carboxylic acid groups (broad SMARTS) is 1. The maximum absolute atomic E-state index is 12.2. The van der Waals surface area contributed by atoms with Gasteiger partial charge < -0.3 is 15.2 Å². The minimum Gasteiger partial charge on any atom is -0.481 e. The summed E-state index contributed by atoms with van der Waals surface area (Å²) in [5, 5.41) is 10.1. The number of carbonyl (C=O) groups is 2. The minimum atomic E-state index is -3.65. The summed E-state index contributed by atoms with van der Waals surface area (Å²) in [6, 6.07) is 0. The Morgan fingerprint density at radius 3 is 2.45 bits per heavy atom. The van der Waals surface area contributed by atoms with Crippen molar-refractivity contribution in [2.24, 2.45) is 5.41 Å². The highest BCUT2D eigenvalue weighted by Crippen LogP contribution is 2.50. The molecule has 0 radical (unpaired) electrons. The number of carbonyl (C=O) groups excluding carboxylic acids is 1. The van der Waals surface area contributed by atoms with Gasteiger partial charge in [0.15, 0.2) is 9.84 Å². The highest BCUT2D eigenvalue weighted by Gasteiger charge is 2.49. The summed E-state index contributed by atoms with van der Waals surface area (Å²) in [6.07, 6.45) is 0.997. The Bertz CT molecular complexity index is 468. The molecule has 1 unspecified atom stereocenters. The quantitative estimate of drug-likeness (QED) is 0.571. The number of sulfone groups is 1. The molecule has 1 atom stereocenters. The van der Waals surface area contributed by atoms with E-state index < -0.39 is 32.4 Å². The predicted octanol–water partition coefficient (Wildman–Crippen LogP) is -0.193. The lowest BCUT2D eigenvalue weighted by atomic mass is 10.1. The van der Waals surface area contributed by atoms with E-state index in [-0.39, 0.29) is 18.7 Å². The van der Waals surface area contributed by atoms with Gasteiger partial charge in [-0.3, -0.25) is 9.59 Å². The Hall–Kier alpha value is -1.15. The van der Waals surface area contributed by atoms with E-state index in [1.54, 1.807) is 0 Å². The molecule has 7 nitrogen and oxygen atoms in total. The first kappa shape index (κ1) is 16.9. The van der Waals surface area contributed by atoms with Crippen LogP contribution < -0.4 is 5.32 Å². The first-order valence-electron chi connectivity index (χ1n) is 6.42. The average Bonchev–Trinajstić information content (AvgIpc) is 3.05. The lowest BCUT2D eigenvalue weighted by Crippen LogP contribution is -2.41. The van der Waals surface area contributed by atoms with Crippen molar-refractivity contribution in [3.05, 3.63) is 0 Å². The fourth-order valence-corrected chi connectivity index (χ4v) is 3.91. The summed E-state index contributed by atoms with van der Waals surface area (Å²) < 4.78 is 29.1. The van der Waals surface area contributed by atoms with E-state index in [1.807, 2.05) is 0 Å². The second-order valence-corrected chi connectivity index (χ2v) is 7.63. The molecule has 0 heterocycles. The van der Waals surface area contributed by atoms with Crippen molar-refractivity contribution in [3.63, 3.8) is 0 Å². The van der Waals surface area contributed by atoms with Crippen molar-refractivity contribution in [3.8, 4) is 0 Å². The summed E-state index contributed by atoms with van der Waals surface area (Å²) >= 11 is 0. The van der Waals surface area contributed by atoms with Gasteiger partial charge in [0.1, 0.15) is 5.25 Å². The summed E-state index contributed by atoms with van der Waals surface area (Å²) in [4.78, 5) is 22.5. The van der Waals surface area contributed by atoms with Crippen molar-refractivity contribution in [1.29, 1.82) is 0 Å². The standard InChI is InChI=1S/C12H21NO6S/c1-9(11(16)13-5-6-19-2)20(17,18)8-12(3-4-12)7-10(14)15/h9H,3-8H2,1-2H3,(H,13,16)(H,14,15). The number of ether oxygens (including phenoxy) is 1. The molecule has 1 rings (SSSR count). The highest BCUT2D eigenvalue weighted by molar-refractivity contribution is 7.92. The van der Waals surface area contributed by atoms with Gasteiger partial charge in [0.2, 0.25) is 5.91 Å². The molecule has 0 aromatic heterocycles. The van der Waals surface area contributed by atoms with Crippen LogP contribution in [0.2, 0.25) is 0 Å². The van der Waals surface area contributed by atoms with E-state index in [0.717, 1.165) is 0 Å². The lowest BCUT2D eigenvalue weighted by Gasteiger charge is -2.17. The third-order valence-corrected chi connectivity index (χ3v) is 5.81. The molecule has 0 aliphatic heterocycles. The maximum Gasteiger partial charge on any atom is 0.303 e. The number of aliphatic carboxylic acids is 1.